The molecule has 1 saturated heterocycles. The molecule has 16 heavy (non-hydrogen) atoms. The van der Waals surface area contributed by atoms with Gasteiger partial charge in [-0.25, -0.2) is 4.98 Å². The summed E-state index contributed by atoms with van der Waals surface area (Å²) in [7, 11) is 0. The number of amides is 1. The number of hydrogen-bond donors (Lipinski definition) is 0. The highest BCUT2D eigenvalue weighted by Gasteiger charge is 2.18. The Hall–Kier alpha value is -0.810. The van der Waals surface area contributed by atoms with Gasteiger partial charge in [0.05, 0.1) is 0 Å². The van der Waals surface area contributed by atoms with E-state index >= 15 is 0 Å². The molecule has 0 spiro atoms. The third kappa shape index (κ3) is 2.65. The highest BCUT2D eigenvalue weighted by atomic mass is 35.5. The van der Waals surface area contributed by atoms with E-state index in [0.717, 1.165) is 37.7 Å². The van der Waals surface area contributed by atoms with E-state index in [1.165, 1.54) is 0 Å². The van der Waals surface area contributed by atoms with Crippen LogP contribution in [-0.2, 0) is 4.79 Å². The average molecular weight is 260 g/mol. The van der Waals surface area contributed by atoms with Crippen molar-refractivity contribution in [3.63, 3.8) is 0 Å². The van der Waals surface area contributed by atoms with Crippen LogP contribution in [0.3, 0.4) is 0 Å². The van der Waals surface area contributed by atoms with Crippen molar-refractivity contribution < 1.29 is 4.79 Å². The van der Waals surface area contributed by atoms with E-state index in [9.17, 15) is 4.79 Å². The minimum Gasteiger partial charge on any atom is -0.346 e. The molecule has 4 nitrogen and oxygen atoms in total. The van der Waals surface area contributed by atoms with E-state index in [0.29, 0.717) is 5.15 Å². The highest BCUT2D eigenvalue weighted by Crippen LogP contribution is 2.24. The van der Waals surface area contributed by atoms with Crippen LogP contribution < -0.4 is 4.90 Å². The minimum absolute atomic E-state index is 0.152. The quantitative estimate of drug-likeness (QED) is 0.772. The van der Waals surface area contributed by atoms with Crippen LogP contribution in [0.1, 0.15) is 13.3 Å². The summed E-state index contributed by atoms with van der Waals surface area (Å²) in [4.78, 5) is 19.6. The standard InChI is InChI=1S/C10H14ClN3OS/c1-8(15)13-3-2-4-14(6-5-13)10-12-9(11)7-16-10/h7H,2-6H2,1H3. The van der Waals surface area contributed by atoms with Gasteiger partial charge in [-0.15, -0.1) is 11.3 Å². The molecule has 2 rings (SSSR count). The molecule has 0 unspecified atom stereocenters. The van der Waals surface area contributed by atoms with E-state index in [2.05, 4.69) is 9.88 Å². The minimum atomic E-state index is 0.152. The fourth-order valence-electron chi connectivity index (χ4n) is 1.81. The lowest BCUT2D eigenvalue weighted by Gasteiger charge is -2.20. The normalized spacial score (nSPS) is 17.4. The molecule has 0 aliphatic carbocycles. The van der Waals surface area contributed by atoms with Crippen molar-refractivity contribution in [2.75, 3.05) is 31.1 Å². The Morgan fingerprint density at radius 3 is 2.88 bits per heavy atom. The average Bonchev–Trinajstić information content (AvgIpc) is 2.54. The number of halogens is 1. The molecule has 1 aromatic rings. The molecule has 1 aliphatic rings. The van der Waals surface area contributed by atoms with Crippen LogP contribution in [0.5, 0.6) is 0 Å². The lowest BCUT2D eigenvalue weighted by molar-refractivity contribution is -0.128. The molecule has 0 radical (unpaired) electrons. The van der Waals surface area contributed by atoms with Crippen LogP contribution in [0.25, 0.3) is 0 Å². The zero-order chi connectivity index (χ0) is 11.5. The van der Waals surface area contributed by atoms with E-state index in [1.807, 2.05) is 10.3 Å². The van der Waals surface area contributed by atoms with Gasteiger partial charge in [-0.1, -0.05) is 11.6 Å². The van der Waals surface area contributed by atoms with Crippen LogP contribution in [0.2, 0.25) is 5.15 Å². The second kappa shape index (κ2) is 5.01. The molecule has 1 aromatic heterocycles. The first-order valence-corrected chi connectivity index (χ1v) is 6.54. The van der Waals surface area contributed by atoms with Gasteiger partial charge in [-0.2, -0.15) is 0 Å². The van der Waals surface area contributed by atoms with E-state index in [1.54, 1.807) is 18.3 Å². The van der Waals surface area contributed by atoms with E-state index in [-0.39, 0.29) is 5.91 Å². The monoisotopic (exact) mass is 259 g/mol. The van der Waals surface area contributed by atoms with Crippen molar-refractivity contribution in [1.29, 1.82) is 0 Å². The van der Waals surface area contributed by atoms with Gasteiger partial charge in [0.25, 0.3) is 0 Å². The largest absolute Gasteiger partial charge is 0.346 e. The van der Waals surface area contributed by atoms with Gasteiger partial charge in [0.2, 0.25) is 5.91 Å². The summed E-state index contributed by atoms with van der Waals surface area (Å²) in [5, 5.41) is 3.34. The number of nitrogens with zero attached hydrogens (tertiary/aromatic N) is 3. The van der Waals surface area contributed by atoms with Gasteiger partial charge >= 0.3 is 0 Å². The summed E-state index contributed by atoms with van der Waals surface area (Å²) in [6.07, 6.45) is 0.983. The molecule has 0 N–H and O–H groups in total. The zero-order valence-corrected chi connectivity index (χ0v) is 10.7. The van der Waals surface area contributed by atoms with Crippen LogP contribution in [0, 0.1) is 0 Å². The first kappa shape index (κ1) is 11.7. The molecular formula is C10H14ClN3OS. The van der Waals surface area contributed by atoms with Gasteiger partial charge < -0.3 is 9.80 Å². The Labute approximate surface area is 104 Å². The molecule has 6 heteroatoms. The molecule has 1 fully saturated rings. The smallest absolute Gasteiger partial charge is 0.219 e. The maximum Gasteiger partial charge on any atom is 0.219 e. The Balaban J connectivity index is 2.01. The fourth-order valence-corrected chi connectivity index (χ4v) is 2.82. The van der Waals surface area contributed by atoms with Gasteiger partial charge in [0, 0.05) is 38.5 Å². The maximum absolute atomic E-state index is 11.3. The molecule has 88 valence electrons. The summed E-state index contributed by atoms with van der Waals surface area (Å²) in [6.45, 7) is 5.00. The van der Waals surface area contributed by atoms with Crippen LogP contribution in [0.4, 0.5) is 5.13 Å². The van der Waals surface area contributed by atoms with Gasteiger partial charge in [-0.3, -0.25) is 4.79 Å². The number of thiazole rings is 1. The third-order valence-corrected chi connectivity index (χ3v) is 3.90. The highest BCUT2D eigenvalue weighted by molar-refractivity contribution is 7.14. The number of rotatable bonds is 1. The number of aromatic nitrogens is 1. The number of hydrogen-bond acceptors (Lipinski definition) is 4. The lowest BCUT2D eigenvalue weighted by Crippen LogP contribution is -2.33. The summed E-state index contributed by atoms with van der Waals surface area (Å²) in [6, 6.07) is 0. The SMILES string of the molecule is CC(=O)N1CCCN(c2nc(Cl)cs2)CC1. The van der Waals surface area contributed by atoms with Gasteiger partial charge in [0.15, 0.2) is 5.13 Å². The van der Waals surface area contributed by atoms with E-state index in [4.69, 9.17) is 11.6 Å². The Kier molecular flexibility index (Phi) is 3.66. The maximum atomic E-state index is 11.3. The molecule has 0 aromatic carbocycles. The summed E-state index contributed by atoms with van der Waals surface area (Å²) >= 11 is 7.36. The van der Waals surface area contributed by atoms with Crippen molar-refractivity contribution in [3.8, 4) is 0 Å². The van der Waals surface area contributed by atoms with Crippen molar-refractivity contribution in [3.05, 3.63) is 10.5 Å². The van der Waals surface area contributed by atoms with Crippen molar-refractivity contribution in [2.24, 2.45) is 0 Å². The van der Waals surface area contributed by atoms with Crippen LogP contribution in [-0.4, -0.2) is 42.0 Å². The number of carbonyl (C=O) groups is 1. The second-order valence-electron chi connectivity index (χ2n) is 3.80. The number of anilines is 1. The zero-order valence-electron chi connectivity index (χ0n) is 9.15. The first-order valence-electron chi connectivity index (χ1n) is 5.28. The molecular weight excluding hydrogens is 246 g/mol. The predicted molar refractivity (Wildman–Crippen MR) is 66.2 cm³/mol. The summed E-state index contributed by atoms with van der Waals surface area (Å²) in [5.74, 6) is 0.152. The molecule has 0 bridgehead atoms. The fraction of sp³-hybridized carbons (Fsp3) is 0.600. The first-order chi connectivity index (χ1) is 7.66. The Bertz CT molecular complexity index is 382. The topological polar surface area (TPSA) is 36.4 Å². The van der Waals surface area contributed by atoms with Crippen molar-refractivity contribution >= 4 is 34.0 Å². The Morgan fingerprint density at radius 2 is 2.25 bits per heavy atom. The van der Waals surface area contributed by atoms with Crippen LogP contribution in [0.15, 0.2) is 5.38 Å². The Morgan fingerprint density at radius 1 is 1.44 bits per heavy atom. The molecule has 1 amide bonds. The summed E-state index contributed by atoms with van der Waals surface area (Å²) < 4.78 is 0. The van der Waals surface area contributed by atoms with Gasteiger partial charge in [-0.05, 0) is 6.42 Å². The van der Waals surface area contributed by atoms with Crippen molar-refractivity contribution in [1.82, 2.24) is 9.88 Å². The molecule has 2 heterocycles. The molecule has 0 atom stereocenters. The van der Waals surface area contributed by atoms with E-state index < -0.39 is 0 Å². The molecule has 1 aliphatic heterocycles. The van der Waals surface area contributed by atoms with Gasteiger partial charge in [0.1, 0.15) is 5.15 Å². The summed E-state index contributed by atoms with van der Waals surface area (Å²) in [5.41, 5.74) is 0. The van der Waals surface area contributed by atoms with Crippen LogP contribution >= 0.6 is 22.9 Å². The predicted octanol–water partition coefficient (Wildman–Crippen LogP) is 1.86. The third-order valence-electron chi connectivity index (χ3n) is 2.68. The van der Waals surface area contributed by atoms with Crippen molar-refractivity contribution in [2.45, 2.75) is 13.3 Å². The second-order valence-corrected chi connectivity index (χ2v) is 5.02. The number of carbonyl (C=O) groups excluding carboxylic acids is 1. The lowest BCUT2D eigenvalue weighted by atomic mass is 10.4. The molecule has 0 saturated carbocycles.